The Morgan fingerprint density at radius 3 is 2.47 bits per heavy atom. The minimum absolute atomic E-state index is 0.101. The van der Waals surface area contributed by atoms with Gasteiger partial charge in [-0.1, -0.05) is 13.8 Å². The van der Waals surface area contributed by atoms with E-state index in [1.807, 2.05) is 13.8 Å². The smallest absolute Gasteiger partial charge is 0.343 e. The van der Waals surface area contributed by atoms with Gasteiger partial charge in [-0.2, -0.15) is 0 Å². The number of hydrogen-bond donors (Lipinski definition) is 1. The van der Waals surface area contributed by atoms with Gasteiger partial charge in [-0.05, 0) is 5.92 Å². The monoisotopic (exact) mass is 239 g/mol. The number of nitrogen functional groups attached to an aromatic ring is 1. The maximum Gasteiger partial charge on any atom is 0.343 e. The first-order valence-electron chi connectivity index (χ1n) is 5.24. The van der Waals surface area contributed by atoms with Gasteiger partial charge in [0.2, 0.25) is 0 Å². The number of carbonyl (C=O) groups is 1. The molecule has 1 unspecified atom stereocenters. The molecule has 1 aromatic heterocycles. The highest BCUT2D eigenvalue weighted by atomic mass is 16.5. The zero-order valence-electron chi connectivity index (χ0n) is 10.4. The standard InChI is InChI=1S/C11H17N3O3/c1-6(2)8(16-3)10-13-5-7(9(12)14-10)11(15)17-4/h5-6,8H,1-4H3,(H2,12,13,14). The Kier molecular flexibility index (Phi) is 4.39. The van der Waals surface area contributed by atoms with Gasteiger partial charge < -0.3 is 15.2 Å². The molecule has 0 radical (unpaired) electrons. The fourth-order valence-electron chi connectivity index (χ4n) is 1.49. The Bertz CT molecular complexity index is 407. The van der Waals surface area contributed by atoms with E-state index in [2.05, 4.69) is 14.7 Å². The number of esters is 1. The zero-order valence-corrected chi connectivity index (χ0v) is 10.4. The summed E-state index contributed by atoms with van der Waals surface area (Å²) >= 11 is 0. The van der Waals surface area contributed by atoms with E-state index < -0.39 is 5.97 Å². The SMILES string of the molecule is COC(=O)c1cnc(C(OC)C(C)C)nc1N. The number of aromatic nitrogens is 2. The van der Waals surface area contributed by atoms with Crippen LogP contribution in [-0.4, -0.2) is 30.2 Å². The predicted molar refractivity (Wildman–Crippen MR) is 62.4 cm³/mol. The fourth-order valence-corrected chi connectivity index (χ4v) is 1.49. The van der Waals surface area contributed by atoms with Crippen LogP contribution >= 0.6 is 0 Å². The molecule has 17 heavy (non-hydrogen) atoms. The van der Waals surface area contributed by atoms with Gasteiger partial charge in [-0.3, -0.25) is 0 Å². The van der Waals surface area contributed by atoms with Crippen LogP contribution < -0.4 is 5.73 Å². The number of anilines is 1. The zero-order chi connectivity index (χ0) is 13.0. The number of hydrogen-bond acceptors (Lipinski definition) is 6. The number of nitrogens with two attached hydrogens (primary N) is 1. The average Bonchev–Trinajstić information content (AvgIpc) is 2.28. The minimum atomic E-state index is -0.549. The van der Waals surface area contributed by atoms with Crippen molar-refractivity contribution in [1.82, 2.24) is 9.97 Å². The lowest BCUT2D eigenvalue weighted by atomic mass is 10.1. The average molecular weight is 239 g/mol. The maximum atomic E-state index is 11.3. The molecule has 0 aliphatic heterocycles. The van der Waals surface area contributed by atoms with Crippen LogP contribution in [0.3, 0.4) is 0 Å². The second-order valence-electron chi connectivity index (χ2n) is 3.92. The van der Waals surface area contributed by atoms with E-state index >= 15 is 0 Å². The van der Waals surface area contributed by atoms with E-state index in [-0.39, 0.29) is 23.4 Å². The van der Waals surface area contributed by atoms with Crippen LogP contribution in [0.25, 0.3) is 0 Å². The van der Waals surface area contributed by atoms with Gasteiger partial charge in [-0.15, -0.1) is 0 Å². The molecule has 94 valence electrons. The normalized spacial score (nSPS) is 12.5. The summed E-state index contributed by atoms with van der Waals surface area (Å²) in [5.41, 5.74) is 5.84. The topological polar surface area (TPSA) is 87.3 Å². The largest absolute Gasteiger partial charge is 0.465 e. The summed E-state index contributed by atoms with van der Waals surface area (Å²) in [5, 5.41) is 0. The molecule has 0 saturated heterocycles. The molecule has 1 heterocycles. The Balaban J connectivity index is 3.07. The van der Waals surface area contributed by atoms with Crippen molar-refractivity contribution in [1.29, 1.82) is 0 Å². The van der Waals surface area contributed by atoms with Crippen LogP contribution in [0, 0.1) is 5.92 Å². The molecule has 0 spiro atoms. The summed E-state index contributed by atoms with van der Waals surface area (Å²) in [6.45, 7) is 3.98. The maximum absolute atomic E-state index is 11.3. The fraction of sp³-hybridized carbons (Fsp3) is 0.545. The number of carbonyl (C=O) groups excluding carboxylic acids is 1. The van der Waals surface area contributed by atoms with Crippen molar-refractivity contribution in [2.24, 2.45) is 5.92 Å². The molecule has 0 saturated carbocycles. The van der Waals surface area contributed by atoms with E-state index in [0.29, 0.717) is 5.82 Å². The van der Waals surface area contributed by atoms with Crippen molar-refractivity contribution in [3.05, 3.63) is 17.6 Å². The van der Waals surface area contributed by atoms with Crippen LogP contribution in [-0.2, 0) is 9.47 Å². The van der Waals surface area contributed by atoms with Gasteiger partial charge in [-0.25, -0.2) is 14.8 Å². The van der Waals surface area contributed by atoms with Crippen LogP contribution in [0.2, 0.25) is 0 Å². The van der Waals surface area contributed by atoms with E-state index in [9.17, 15) is 4.79 Å². The lowest BCUT2D eigenvalue weighted by Gasteiger charge is -2.18. The van der Waals surface area contributed by atoms with Gasteiger partial charge >= 0.3 is 5.97 Å². The van der Waals surface area contributed by atoms with Crippen molar-refractivity contribution in [3.63, 3.8) is 0 Å². The summed E-state index contributed by atoms with van der Waals surface area (Å²) in [6.07, 6.45) is 1.11. The molecule has 1 rings (SSSR count). The Labute approximate surface area is 100 Å². The van der Waals surface area contributed by atoms with Crippen molar-refractivity contribution >= 4 is 11.8 Å². The molecule has 2 N–H and O–H groups in total. The van der Waals surface area contributed by atoms with Crippen LogP contribution in [0.4, 0.5) is 5.82 Å². The van der Waals surface area contributed by atoms with Crippen LogP contribution in [0.15, 0.2) is 6.20 Å². The van der Waals surface area contributed by atoms with Gasteiger partial charge in [0, 0.05) is 13.3 Å². The molecule has 0 aliphatic carbocycles. The first kappa shape index (κ1) is 13.4. The van der Waals surface area contributed by atoms with E-state index in [0.717, 1.165) is 0 Å². The predicted octanol–water partition coefficient (Wildman–Crippen LogP) is 1.19. The Morgan fingerprint density at radius 2 is 2.06 bits per heavy atom. The Morgan fingerprint density at radius 1 is 1.41 bits per heavy atom. The highest BCUT2D eigenvalue weighted by Gasteiger charge is 2.20. The Hall–Kier alpha value is -1.69. The third-order valence-corrected chi connectivity index (χ3v) is 2.36. The van der Waals surface area contributed by atoms with E-state index in [1.165, 1.54) is 13.3 Å². The summed E-state index contributed by atoms with van der Waals surface area (Å²) in [6, 6.07) is 0. The van der Waals surface area contributed by atoms with Crippen LogP contribution in [0.1, 0.15) is 36.1 Å². The van der Waals surface area contributed by atoms with Crippen molar-refractivity contribution in [2.45, 2.75) is 20.0 Å². The number of nitrogens with zero attached hydrogens (tertiary/aromatic N) is 2. The molecule has 6 heteroatoms. The quantitative estimate of drug-likeness (QED) is 0.794. The summed E-state index contributed by atoms with van der Waals surface area (Å²) < 4.78 is 9.84. The first-order chi connectivity index (χ1) is 8.01. The summed E-state index contributed by atoms with van der Waals surface area (Å²) in [4.78, 5) is 19.5. The lowest BCUT2D eigenvalue weighted by Crippen LogP contribution is -2.16. The molecule has 6 nitrogen and oxygen atoms in total. The molecule has 0 aliphatic rings. The highest BCUT2D eigenvalue weighted by Crippen LogP contribution is 2.23. The highest BCUT2D eigenvalue weighted by molar-refractivity contribution is 5.93. The molecule has 1 atom stereocenters. The van der Waals surface area contributed by atoms with Crippen molar-refractivity contribution < 1.29 is 14.3 Å². The second kappa shape index (κ2) is 5.58. The van der Waals surface area contributed by atoms with Gasteiger partial charge in [0.15, 0.2) is 5.82 Å². The summed E-state index contributed by atoms with van der Waals surface area (Å²) in [7, 11) is 2.86. The van der Waals surface area contributed by atoms with Gasteiger partial charge in [0.25, 0.3) is 0 Å². The number of methoxy groups -OCH3 is 2. The molecule has 0 amide bonds. The third kappa shape index (κ3) is 2.91. The number of rotatable bonds is 4. The number of ether oxygens (including phenoxy) is 2. The second-order valence-corrected chi connectivity index (χ2v) is 3.92. The molecule has 1 aromatic rings. The molecular weight excluding hydrogens is 222 g/mol. The minimum Gasteiger partial charge on any atom is -0.465 e. The van der Waals surface area contributed by atoms with Crippen molar-refractivity contribution in [3.8, 4) is 0 Å². The van der Waals surface area contributed by atoms with Crippen molar-refractivity contribution in [2.75, 3.05) is 20.0 Å². The van der Waals surface area contributed by atoms with Crippen LogP contribution in [0.5, 0.6) is 0 Å². The van der Waals surface area contributed by atoms with Gasteiger partial charge in [0.1, 0.15) is 17.5 Å². The molecule has 0 bridgehead atoms. The molecule has 0 fully saturated rings. The third-order valence-electron chi connectivity index (χ3n) is 2.36. The molecular formula is C11H17N3O3. The first-order valence-corrected chi connectivity index (χ1v) is 5.24. The molecule has 0 aromatic carbocycles. The van der Waals surface area contributed by atoms with E-state index in [4.69, 9.17) is 10.5 Å². The van der Waals surface area contributed by atoms with Gasteiger partial charge in [0.05, 0.1) is 7.11 Å². The summed E-state index contributed by atoms with van der Waals surface area (Å²) in [5.74, 6) is 0.230. The lowest BCUT2D eigenvalue weighted by molar-refractivity contribution is 0.0565. The van der Waals surface area contributed by atoms with E-state index in [1.54, 1.807) is 7.11 Å².